The number of rotatable bonds is 3. The summed E-state index contributed by atoms with van der Waals surface area (Å²) < 4.78 is 53.6. The van der Waals surface area contributed by atoms with Gasteiger partial charge in [0, 0.05) is 31.6 Å². The van der Waals surface area contributed by atoms with E-state index in [1.54, 1.807) is 9.80 Å². The van der Waals surface area contributed by atoms with E-state index in [9.17, 15) is 22.4 Å². The lowest BCUT2D eigenvalue weighted by Crippen LogP contribution is -2.66. The highest BCUT2D eigenvalue weighted by atomic mass is 19.4. The van der Waals surface area contributed by atoms with Crippen molar-refractivity contribution in [3.05, 3.63) is 60.1 Å². The third-order valence-corrected chi connectivity index (χ3v) is 5.92. The maximum absolute atomic E-state index is 14.5. The Morgan fingerprint density at radius 2 is 1.88 bits per heavy atom. The fourth-order valence-corrected chi connectivity index (χ4v) is 4.29. The van der Waals surface area contributed by atoms with E-state index >= 15 is 0 Å². The predicted octanol–water partition coefficient (Wildman–Crippen LogP) is 2.57. The summed E-state index contributed by atoms with van der Waals surface area (Å²) in [7, 11) is 0. The van der Waals surface area contributed by atoms with Crippen molar-refractivity contribution in [2.45, 2.75) is 18.6 Å². The van der Waals surface area contributed by atoms with Gasteiger partial charge in [-0.1, -0.05) is 6.07 Å². The summed E-state index contributed by atoms with van der Waals surface area (Å²) in [6.45, 7) is 1.35. The zero-order valence-corrected chi connectivity index (χ0v) is 16.6. The predicted molar refractivity (Wildman–Crippen MR) is 103 cm³/mol. The molecule has 0 N–H and O–H groups in total. The fraction of sp³-hybridized carbons (Fsp3) is 0.350. The van der Waals surface area contributed by atoms with Crippen molar-refractivity contribution in [3.8, 4) is 5.69 Å². The Balaban J connectivity index is 1.39. The second-order valence-corrected chi connectivity index (χ2v) is 7.73. The van der Waals surface area contributed by atoms with Gasteiger partial charge in [0.05, 0.1) is 24.0 Å². The van der Waals surface area contributed by atoms with Gasteiger partial charge >= 0.3 is 6.18 Å². The van der Waals surface area contributed by atoms with Crippen molar-refractivity contribution in [3.63, 3.8) is 0 Å². The molecule has 2 saturated heterocycles. The van der Waals surface area contributed by atoms with Gasteiger partial charge in [0.15, 0.2) is 5.82 Å². The number of amides is 1. The van der Waals surface area contributed by atoms with Gasteiger partial charge in [0.1, 0.15) is 23.5 Å². The quantitative estimate of drug-likeness (QED) is 0.575. The number of fused-ring (bicyclic) bond motifs is 1. The molecule has 2 aliphatic heterocycles. The molecule has 12 heteroatoms. The number of hydrogen-bond donors (Lipinski definition) is 0. The zero-order valence-electron chi connectivity index (χ0n) is 16.6. The SMILES string of the molecule is O=C(c1cccc(F)c1-n1nccn1)N1C[C@H]2CCN(c3cc(C(F)(F)F)ncn3)C[C@H]21. The number of para-hydroxylation sites is 1. The van der Waals surface area contributed by atoms with Crippen LogP contribution in [-0.2, 0) is 6.18 Å². The molecule has 32 heavy (non-hydrogen) atoms. The average molecular weight is 447 g/mol. The summed E-state index contributed by atoms with van der Waals surface area (Å²) in [4.78, 5) is 25.0. The largest absolute Gasteiger partial charge is 0.433 e. The molecule has 0 saturated carbocycles. The van der Waals surface area contributed by atoms with Crippen LogP contribution in [0.15, 0.2) is 43.0 Å². The Hall–Kier alpha value is -3.57. The molecule has 0 spiro atoms. The highest BCUT2D eigenvalue weighted by molar-refractivity contribution is 5.98. The Bertz CT molecular complexity index is 1150. The van der Waals surface area contributed by atoms with Crippen LogP contribution in [0.4, 0.5) is 23.4 Å². The van der Waals surface area contributed by atoms with Gasteiger partial charge in [-0.2, -0.15) is 23.4 Å². The van der Waals surface area contributed by atoms with E-state index < -0.39 is 17.7 Å². The molecule has 0 bridgehead atoms. The summed E-state index contributed by atoms with van der Waals surface area (Å²) in [5.41, 5.74) is -0.926. The number of halogens is 4. The normalized spacial score (nSPS) is 20.6. The first-order valence-electron chi connectivity index (χ1n) is 9.93. The summed E-state index contributed by atoms with van der Waals surface area (Å²) in [5, 5.41) is 7.87. The number of carbonyl (C=O) groups is 1. The van der Waals surface area contributed by atoms with E-state index in [1.165, 1.54) is 30.6 Å². The first-order valence-corrected chi connectivity index (χ1v) is 9.93. The fourth-order valence-electron chi connectivity index (χ4n) is 4.29. The number of hydrogen-bond acceptors (Lipinski definition) is 6. The first-order chi connectivity index (χ1) is 15.3. The number of nitrogens with zero attached hydrogens (tertiary/aromatic N) is 7. The monoisotopic (exact) mass is 447 g/mol. The Labute approximate surface area is 179 Å². The van der Waals surface area contributed by atoms with Crippen LogP contribution in [-0.4, -0.2) is 61.4 Å². The second-order valence-electron chi connectivity index (χ2n) is 7.73. The van der Waals surface area contributed by atoms with E-state index in [0.29, 0.717) is 26.1 Å². The van der Waals surface area contributed by atoms with Crippen LogP contribution in [0.5, 0.6) is 0 Å². The van der Waals surface area contributed by atoms with Crippen LogP contribution in [0.2, 0.25) is 0 Å². The van der Waals surface area contributed by atoms with Crippen molar-refractivity contribution >= 4 is 11.7 Å². The lowest BCUT2D eigenvalue weighted by molar-refractivity contribution is -0.141. The third-order valence-electron chi connectivity index (χ3n) is 5.92. The molecule has 8 nitrogen and oxygen atoms in total. The van der Waals surface area contributed by atoms with Crippen molar-refractivity contribution in [2.24, 2.45) is 5.92 Å². The molecule has 0 aliphatic carbocycles. The van der Waals surface area contributed by atoms with Crippen molar-refractivity contribution in [2.75, 3.05) is 24.5 Å². The van der Waals surface area contributed by atoms with Crippen LogP contribution < -0.4 is 4.90 Å². The van der Waals surface area contributed by atoms with E-state index in [2.05, 4.69) is 20.2 Å². The molecule has 2 aromatic heterocycles. The van der Waals surface area contributed by atoms with Gasteiger partial charge in [0.25, 0.3) is 5.91 Å². The molecule has 1 amide bonds. The molecule has 5 rings (SSSR count). The molecule has 2 aliphatic rings. The summed E-state index contributed by atoms with van der Waals surface area (Å²) in [6.07, 6.45) is -0.198. The van der Waals surface area contributed by atoms with Crippen LogP contribution in [0.25, 0.3) is 5.69 Å². The van der Waals surface area contributed by atoms with Gasteiger partial charge in [0.2, 0.25) is 0 Å². The van der Waals surface area contributed by atoms with Crippen molar-refractivity contribution in [1.82, 2.24) is 29.9 Å². The third kappa shape index (κ3) is 3.45. The van der Waals surface area contributed by atoms with Gasteiger partial charge in [-0.25, -0.2) is 14.4 Å². The number of carbonyl (C=O) groups excluding carboxylic acids is 1. The molecule has 2 atom stereocenters. The van der Waals surface area contributed by atoms with E-state index in [0.717, 1.165) is 17.2 Å². The lowest BCUT2D eigenvalue weighted by atomic mass is 9.81. The van der Waals surface area contributed by atoms with Crippen molar-refractivity contribution < 1.29 is 22.4 Å². The molecule has 0 unspecified atom stereocenters. The minimum atomic E-state index is -4.57. The summed E-state index contributed by atoms with van der Waals surface area (Å²) in [6, 6.07) is 4.88. The molecule has 0 radical (unpaired) electrons. The molecule has 166 valence electrons. The molecular formula is C20H17F4N7O. The molecule has 4 heterocycles. The van der Waals surface area contributed by atoms with Gasteiger partial charge in [-0.05, 0) is 18.6 Å². The Morgan fingerprint density at radius 3 is 2.62 bits per heavy atom. The zero-order chi connectivity index (χ0) is 22.5. The second kappa shape index (κ2) is 7.53. The minimum absolute atomic E-state index is 0.0377. The smallest absolute Gasteiger partial charge is 0.354 e. The standard InChI is InChI=1S/C20H17F4N7O/c21-14-3-1-2-13(18(14)31-27-5-6-28-31)19(32)30-9-12-4-7-29(10-15(12)30)17-8-16(20(22,23)24)25-11-26-17/h1-3,5-6,8,11-12,15H,4,7,9-10H2/t12-,15-/m1/s1. The van der Waals surface area contributed by atoms with E-state index in [4.69, 9.17) is 0 Å². The molecular weight excluding hydrogens is 430 g/mol. The Morgan fingerprint density at radius 1 is 1.09 bits per heavy atom. The number of alkyl halides is 3. The van der Waals surface area contributed by atoms with Gasteiger partial charge in [-0.15, -0.1) is 4.80 Å². The maximum Gasteiger partial charge on any atom is 0.433 e. The first kappa shape index (κ1) is 20.3. The average Bonchev–Trinajstić information content (AvgIpc) is 3.28. The number of likely N-dealkylation sites (tertiary alicyclic amines) is 1. The van der Waals surface area contributed by atoms with Crippen LogP contribution in [0.3, 0.4) is 0 Å². The van der Waals surface area contributed by atoms with Crippen LogP contribution >= 0.6 is 0 Å². The van der Waals surface area contributed by atoms with Crippen LogP contribution in [0, 0.1) is 11.7 Å². The van der Waals surface area contributed by atoms with Crippen LogP contribution in [0.1, 0.15) is 22.5 Å². The molecule has 1 aromatic carbocycles. The number of aromatic nitrogens is 5. The number of benzene rings is 1. The van der Waals surface area contributed by atoms with Gasteiger partial charge < -0.3 is 9.80 Å². The van der Waals surface area contributed by atoms with Crippen molar-refractivity contribution in [1.29, 1.82) is 0 Å². The summed E-state index contributed by atoms with van der Waals surface area (Å²) in [5.74, 6) is -0.621. The summed E-state index contributed by atoms with van der Waals surface area (Å²) >= 11 is 0. The molecule has 2 fully saturated rings. The lowest BCUT2D eigenvalue weighted by Gasteiger charge is -2.53. The van der Waals surface area contributed by atoms with E-state index in [1.807, 2.05) is 0 Å². The highest BCUT2D eigenvalue weighted by Gasteiger charge is 2.46. The Kier molecular flexibility index (Phi) is 4.79. The molecule has 3 aromatic rings. The highest BCUT2D eigenvalue weighted by Crippen LogP contribution is 2.36. The number of anilines is 1. The topological polar surface area (TPSA) is 80.0 Å². The van der Waals surface area contributed by atoms with Gasteiger partial charge in [-0.3, -0.25) is 4.79 Å². The van der Waals surface area contributed by atoms with E-state index in [-0.39, 0.29) is 34.9 Å². The maximum atomic E-state index is 14.5. The number of piperidine rings is 1. The minimum Gasteiger partial charge on any atom is -0.354 e.